The zero-order chi connectivity index (χ0) is 17.2. The Kier molecular flexibility index (Phi) is 4.89. The number of benzene rings is 1. The van der Waals surface area contributed by atoms with Crippen molar-refractivity contribution in [1.29, 1.82) is 0 Å². The van der Waals surface area contributed by atoms with Crippen molar-refractivity contribution in [3.63, 3.8) is 0 Å². The van der Waals surface area contributed by atoms with E-state index in [2.05, 4.69) is 5.32 Å². The zero-order valence-electron chi connectivity index (χ0n) is 13.9. The summed E-state index contributed by atoms with van der Waals surface area (Å²) in [5.41, 5.74) is 0. The predicted molar refractivity (Wildman–Crippen MR) is 92.2 cm³/mol. The molecule has 2 unspecified atom stereocenters. The Bertz CT molecular complexity index is 639. The number of ether oxygens (including phenoxy) is 2. The van der Waals surface area contributed by atoms with E-state index in [4.69, 9.17) is 9.47 Å². The van der Waals surface area contributed by atoms with Crippen LogP contribution in [0, 0.1) is 0 Å². The van der Waals surface area contributed by atoms with Gasteiger partial charge in [0.05, 0.1) is 18.5 Å². The van der Waals surface area contributed by atoms with Gasteiger partial charge in [-0.05, 0) is 25.5 Å². The number of hydrogen-bond donors (Lipinski definition) is 1. The van der Waals surface area contributed by atoms with Crippen molar-refractivity contribution in [3.8, 4) is 11.5 Å². The summed E-state index contributed by atoms with van der Waals surface area (Å²) in [6.45, 7) is 2.77. The Morgan fingerprint density at radius 2 is 2.17 bits per heavy atom. The SMILES string of the molecule is COc1ccccc1OCCNC(=O)C1CSC2(C)CCC(=O)N12. The van der Waals surface area contributed by atoms with Crippen molar-refractivity contribution >= 4 is 23.6 Å². The Balaban J connectivity index is 1.49. The van der Waals surface area contributed by atoms with Crippen LogP contribution < -0.4 is 14.8 Å². The molecule has 2 amide bonds. The number of thioether (sulfide) groups is 1. The Labute approximate surface area is 145 Å². The number of fused-ring (bicyclic) bond motifs is 1. The molecule has 0 saturated carbocycles. The molecule has 1 aromatic rings. The van der Waals surface area contributed by atoms with E-state index in [1.165, 1.54) is 0 Å². The van der Waals surface area contributed by atoms with Gasteiger partial charge in [-0.2, -0.15) is 0 Å². The van der Waals surface area contributed by atoms with Gasteiger partial charge in [-0.3, -0.25) is 9.59 Å². The van der Waals surface area contributed by atoms with E-state index in [1.54, 1.807) is 23.8 Å². The van der Waals surface area contributed by atoms with Gasteiger partial charge in [0.2, 0.25) is 11.8 Å². The summed E-state index contributed by atoms with van der Waals surface area (Å²) in [6.07, 6.45) is 1.35. The van der Waals surface area contributed by atoms with Crippen LogP contribution in [0.1, 0.15) is 19.8 Å². The van der Waals surface area contributed by atoms with Crippen molar-refractivity contribution in [3.05, 3.63) is 24.3 Å². The first-order valence-electron chi connectivity index (χ1n) is 8.05. The molecule has 6 nitrogen and oxygen atoms in total. The number of hydrogen-bond acceptors (Lipinski definition) is 5. The number of methoxy groups -OCH3 is 1. The minimum Gasteiger partial charge on any atom is -0.493 e. The van der Waals surface area contributed by atoms with E-state index >= 15 is 0 Å². The summed E-state index contributed by atoms with van der Waals surface area (Å²) in [5, 5.41) is 2.87. The second-order valence-corrected chi connectivity index (χ2v) is 7.56. The second-order valence-electron chi connectivity index (χ2n) is 6.06. The summed E-state index contributed by atoms with van der Waals surface area (Å²) >= 11 is 1.69. The second kappa shape index (κ2) is 6.93. The summed E-state index contributed by atoms with van der Waals surface area (Å²) in [5.74, 6) is 1.93. The van der Waals surface area contributed by atoms with Crippen molar-refractivity contribution in [2.24, 2.45) is 0 Å². The molecule has 3 rings (SSSR count). The van der Waals surface area contributed by atoms with Gasteiger partial charge >= 0.3 is 0 Å². The molecule has 0 aromatic heterocycles. The van der Waals surface area contributed by atoms with E-state index in [9.17, 15) is 9.59 Å². The lowest BCUT2D eigenvalue weighted by Crippen LogP contribution is -2.50. The molecule has 0 spiro atoms. The molecule has 1 aromatic carbocycles. The summed E-state index contributed by atoms with van der Waals surface area (Å²) < 4.78 is 10.9. The lowest BCUT2D eigenvalue weighted by molar-refractivity contribution is -0.137. The summed E-state index contributed by atoms with van der Waals surface area (Å²) in [7, 11) is 1.59. The van der Waals surface area contributed by atoms with Crippen LogP contribution in [0.15, 0.2) is 24.3 Å². The van der Waals surface area contributed by atoms with Crippen LogP contribution in [0.3, 0.4) is 0 Å². The number of carbonyl (C=O) groups excluding carboxylic acids is 2. The van der Waals surface area contributed by atoms with Crippen LogP contribution in [-0.2, 0) is 9.59 Å². The van der Waals surface area contributed by atoms with E-state index in [-0.39, 0.29) is 22.7 Å². The average Bonchev–Trinajstić information content (AvgIpc) is 3.08. The highest BCUT2D eigenvalue weighted by Gasteiger charge is 2.52. The van der Waals surface area contributed by atoms with E-state index in [0.29, 0.717) is 36.8 Å². The standard InChI is InChI=1S/C17H22N2O4S/c1-17-8-7-15(20)19(17)12(11-24-17)16(21)18-9-10-23-14-6-4-3-5-13(14)22-2/h3-6,12H,7-11H2,1-2H3,(H,18,21). The lowest BCUT2D eigenvalue weighted by atomic mass is 10.2. The molecular weight excluding hydrogens is 328 g/mol. The molecule has 2 fully saturated rings. The third kappa shape index (κ3) is 3.17. The Hall–Kier alpha value is -1.89. The monoisotopic (exact) mass is 350 g/mol. The third-order valence-electron chi connectivity index (χ3n) is 4.48. The van der Waals surface area contributed by atoms with Gasteiger partial charge in [-0.25, -0.2) is 0 Å². The van der Waals surface area contributed by atoms with Crippen LogP contribution in [0.4, 0.5) is 0 Å². The normalized spacial score (nSPS) is 25.5. The minimum absolute atomic E-state index is 0.0768. The number of rotatable bonds is 6. The van der Waals surface area contributed by atoms with Crippen LogP contribution in [0.5, 0.6) is 11.5 Å². The van der Waals surface area contributed by atoms with Gasteiger partial charge < -0.3 is 19.7 Å². The van der Waals surface area contributed by atoms with Crippen LogP contribution in [0.2, 0.25) is 0 Å². The summed E-state index contributed by atoms with van der Waals surface area (Å²) in [4.78, 5) is 26.0. The van der Waals surface area contributed by atoms with Crippen molar-refractivity contribution in [1.82, 2.24) is 10.2 Å². The molecule has 1 N–H and O–H groups in total. The number of para-hydroxylation sites is 2. The first-order chi connectivity index (χ1) is 11.5. The smallest absolute Gasteiger partial charge is 0.243 e. The Morgan fingerprint density at radius 1 is 1.42 bits per heavy atom. The number of carbonyl (C=O) groups is 2. The van der Waals surface area contributed by atoms with Gasteiger partial charge in [-0.1, -0.05) is 12.1 Å². The maximum absolute atomic E-state index is 12.4. The average molecular weight is 350 g/mol. The van der Waals surface area contributed by atoms with Crippen LogP contribution >= 0.6 is 11.8 Å². The zero-order valence-corrected chi connectivity index (χ0v) is 14.7. The fourth-order valence-corrected chi connectivity index (χ4v) is 4.64. The number of amides is 2. The molecule has 2 aliphatic heterocycles. The minimum atomic E-state index is -0.374. The fraction of sp³-hybridized carbons (Fsp3) is 0.529. The maximum atomic E-state index is 12.4. The molecule has 130 valence electrons. The van der Waals surface area contributed by atoms with E-state index in [1.807, 2.05) is 31.2 Å². The van der Waals surface area contributed by atoms with Gasteiger partial charge in [0.15, 0.2) is 11.5 Å². The van der Waals surface area contributed by atoms with E-state index in [0.717, 1.165) is 6.42 Å². The quantitative estimate of drug-likeness (QED) is 0.790. The highest BCUT2D eigenvalue weighted by atomic mass is 32.2. The largest absolute Gasteiger partial charge is 0.493 e. The van der Waals surface area contributed by atoms with Gasteiger partial charge in [0.1, 0.15) is 12.6 Å². The predicted octanol–water partition coefficient (Wildman–Crippen LogP) is 1.64. The first kappa shape index (κ1) is 17.0. The molecule has 2 aliphatic rings. The molecule has 24 heavy (non-hydrogen) atoms. The third-order valence-corrected chi connectivity index (χ3v) is 5.98. The van der Waals surface area contributed by atoms with Gasteiger partial charge in [0.25, 0.3) is 0 Å². The van der Waals surface area contributed by atoms with Crippen LogP contribution in [-0.4, -0.2) is 53.6 Å². The maximum Gasteiger partial charge on any atom is 0.243 e. The molecule has 0 bridgehead atoms. The molecule has 2 saturated heterocycles. The number of nitrogens with one attached hydrogen (secondary N) is 1. The number of nitrogens with zero attached hydrogens (tertiary/aromatic N) is 1. The lowest BCUT2D eigenvalue weighted by Gasteiger charge is -2.29. The van der Waals surface area contributed by atoms with Crippen molar-refractivity contribution < 1.29 is 19.1 Å². The van der Waals surface area contributed by atoms with Crippen LogP contribution in [0.25, 0.3) is 0 Å². The highest BCUT2D eigenvalue weighted by Crippen LogP contribution is 2.47. The summed E-state index contributed by atoms with van der Waals surface area (Å²) in [6, 6.07) is 7.01. The topological polar surface area (TPSA) is 67.9 Å². The van der Waals surface area contributed by atoms with Gasteiger partial charge in [0, 0.05) is 12.2 Å². The molecule has 0 aliphatic carbocycles. The highest BCUT2D eigenvalue weighted by molar-refractivity contribution is 8.01. The molecule has 2 atom stereocenters. The first-order valence-corrected chi connectivity index (χ1v) is 9.03. The molecular formula is C17H22N2O4S. The van der Waals surface area contributed by atoms with Crippen molar-refractivity contribution in [2.75, 3.05) is 26.0 Å². The van der Waals surface area contributed by atoms with E-state index < -0.39 is 0 Å². The van der Waals surface area contributed by atoms with Gasteiger partial charge in [-0.15, -0.1) is 11.8 Å². The fourth-order valence-electron chi connectivity index (χ4n) is 3.21. The molecule has 2 heterocycles. The van der Waals surface area contributed by atoms with Crippen molar-refractivity contribution in [2.45, 2.75) is 30.7 Å². The Morgan fingerprint density at radius 3 is 2.92 bits per heavy atom. The molecule has 0 radical (unpaired) electrons. The molecule has 7 heteroatoms.